The lowest BCUT2D eigenvalue weighted by Crippen LogP contribution is -1.98. The van der Waals surface area contributed by atoms with Crippen molar-refractivity contribution in [3.63, 3.8) is 0 Å². The van der Waals surface area contributed by atoms with Gasteiger partial charge in [0.15, 0.2) is 0 Å². The molecule has 1 unspecified atom stereocenters. The summed E-state index contributed by atoms with van der Waals surface area (Å²) in [5.74, 6) is 2.26. The van der Waals surface area contributed by atoms with Gasteiger partial charge >= 0.3 is 0 Å². The molecule has 0 aromatic heterocycles. The lowest BCUT2D eigenvalue weighted by molar-refractivity contribution is 0.337. The zero-order valence-corrected chi connectivity index (χ0v) is 8.50. The molecule has 0 bridgehead atoms. The molecule has 1 atom stereocenters. The molecule has 0 N–H and O–H groups in total. The molecule has 0 saturated carbocycles. The Morgan fingerprint density at radius 1 is 1.38 bits per heavy atom. The van der Waals surface area contributed by atoms with E-state index in [9.17, 15) is 0 Å². The average molecular weight is 176 g/mol. The van der Waals surface area contributed by atoms with Gasteiger partial charge in [0.25, 0.3) is 0 Å². The molecular formula is C12H16O. The zero-order valence-electron chi connectivity index (χ0n) is 8.50. The molecule has 0 spiro atoms. The Balaban J connectivity index is 2.53. The molecular weight excluding hydrogens is 160 g/mol. The van der Waals surface area contributed by atoms with Crippen molar-refractivity contribution >= 4 is 0 Å². The summed E-state index contributed by atoms with van der Waals surface area (Å²) in [7, 11) is 0. The molecule has 0 aliphatic carbocycles. The van der Waals surface area contributed by atoms with E-state index in [1.54, 1.807) is 0 Å². The quantitative estimate of drug-likeness (QED) is 0.638. The number of fused-ring (bicyclic) bond motifs is 1. The maximum Gasteiger partial charge on any atom is 0.123 e. The summed E-state index contributed by atoms with van der Waals surface area (Å²) in [4.78, 5) is 0. The van der Waals surface area contributed by atoms with E-state index in [1.807, 2.05) is 0 Å². The first-order chi connectivity index (χ1) is 6.20. The van der Waals surface area contributed by atoms with Crippen LogP contribution in [0.4, 0.5) is 0 Å². The molecule has 0 fully saturated rings. The molecule has 0 radical (unpaired) electrons. The van der Waals surface area contributed by atoms with Crippen LogP contribution in [0.15, 0.2) is 18.2 Å². The van der Waals surface area contributed by atoms with Gasteiger partial charge in [-0.3, -0.25) is 0 Å². The standard InChI is InChI=1S/C12H16O/c1-8(2)10-5-4-6-11-12(10)9(3)7-13-11/h4-6,8-9H,7H2,1-3H3. The fourth-order valence-corrected chi connectivity index (χ4v) is 2.02. The van der Waals surface area contributed by atoms with E-state index < -0.39 is 0 Å². The van der Waals surface area contributed by atoms with Gasteiger partial charge in [0.1, 0.15) is 5.75 Å². The fourth-order valence-electron chi connectivity index (χ4n) is 2.02. The lowest BCUT2D eigenvalue weighted by atomic mass is 9.91. The molecule has 1 heterocycles. The molecule has 0 saturated heterocycles. The molecule has 1 nitrogen and oxygen atoms in total. The van der Waals surface area contributed by atoms with Gasteiger partial charge in [-0.15, -0.1) is 0 Å². The number of hydrogen-bond acceptors (Lipinski definition) is 1. The smallest absolute Gasteiger partial charge is 0.123 e. The highest BCUT2D eigenvalue weighted by molar-refractivity contribution is 5.46. The number of rotatable bonds is 1. The fraction of sp³-hybridized carbons (Fsp3) is 0.500. The van der Waals surface area contributed by atoms with Gasteiger partial charge in [0, 0.05) is 11.5 Å². The van der Waals surface area contributed by atoms with Crippen molar-refractivity contribution in [3.8, 4) is 5.75 Å². The van der Waals surface area contributed by atoms with Crippen molar-refractivity contribution in [1.29, 1.82) is 0 Å². The first kappa shape index (κ1) is 8.61. The van der Waals surface area contributed by atoms with Crippen LogP contribution in [-0.4, -0.2) is 6.61 Å². The number of benzene rings is 1. The first-order valence-electron chi connectivity index (χ1n) is 4.95. The highest BCUT2D eigenvalue weighted by Crippen LogP contribution is 2.38. The first-order valence-corrected chi connectivity index (χ1v) is 4.95. The van der Waals surface area contributed by atoms with Crippen LogP contribution in [0.3, 0.4) is 0 Å². The van der Waals surface area contributed by atoms with Crippen molar-refractivity contribution in [2.45, 2.75) is 32.6 Å². The minimum atomic E-state index is 0.564. The van der Waals surface area contributed by atoms with Gasteiger partial charge in [-0.2, -0.15) is 0 Å². The molecule has 1 aromatic carbocycles. The van der Waals surface area contributed by atoms with Crippen LogP contribution in [-0.2, 0) is 0 Å². The van der Waals surface area contributed by atoms with Gasteiger partial charge in [-0.25, -0.2) is 0 Å². The molecule has 1 heteroatoms. The van der Waals surface area contributed by atoms with E-state index in [-0.39, 0.29) is 0 Å². The summed E-state index contributed by atoms with van der Waals surface area (Å²) in [6.45, 7) is 7.55. The Labute approximate surface area is 79.7 Å². The third-order valence-corrected chi connectivity index (χ3v) is 2.70. The average Bonchev–Trinajstić information content (AvgIpc) is 2.48. The highest BCUT2D eigenvalue weighted by Gasteiger charge is 2.23. The second-order valence-electron chi connectivity index (χ2n) is 4.13. The molecule has 70 valence electrons. The molecule has 1 aliphatic rings. The number of ether oxygens (including phenoxy) is 1. The van der Waals surface area contributed by atoms with Crippen molar-refractivity contribution in [3.05, 3.63) is 29.3 Å². The predicted molar refractivity (Wildman–Crippen MR) is 54.4 cm³/mol. The summed E-state index contributed by atoms with van der Waals surface area (Å²) in [5, 5.41) is 0. The minimum absolute atomic E-state index is 0.564. The molecule has 1 aliphatic heterocycles. The van der Waals surface area contributed by atoms with Crippen molar-refractivity contribution in [1.82, 2.24) is 0 Å². The maximum absolute atomic E-state index is 5.60. The van der Waals surface area contributed by atoms with Crippen LogP contribution < -0.4 is 4.74 Å². The van der Waals surface area contributed by atoms with E-state index in [1.165, 1.54) is 11.1 Å². The Morgan fingerprint density at radius 3 is 2.85 bits per heavy atom. The second-order valence-corrected chi connectivity index (χ2v) is 4.13. The zero-order chi connectivity index (χ0) is 9.42. The van der Waals surface area contributed by atoms with E-state index in [2.05, 4.69) is 39.0 Å². The molecule has 2 rings (SSSR count). The summed E-state index contributed by atoms with van der Waals surface area (Å²) >= 11 is 0. The van der Waals surface area contributed by atoms with Crippen LogP contribution >= 0.6 is 0 Å². The van der Waals surface area contributed by atoms with Crippen LogP contribution in [0.1, 0.15) is 43.7 Å². The SMILES string of the molecule is CC(C)c1cccc2c1C(C)CO2. The van der Waals surface area contributed by atoms with Crippen LogP contribution in [0.5, 0.6) is 5.75 Å². The molecule has 1 aromatic rings. The van der Waals surface area contributed by atoms with Gasteiger partial charge < -0.3 is 4.74 Å². The van der Waals surface area contributed by atoms with E-state index in [0.717, 1.165) is 12.4 Å². The summed E-state index contributed by atoms with van der Waals surface area (Å²) in [6, 6.07) is 6.38. The van der Waals surface area contributed by atoms with Crippen molar-refractivity contribution in [2.24, 2.45) is 0 Å². The summed E-state index contributed by atoms with van der Waals surface area (Å²) < 4.78 is 5.60. The van der Waals surface area contributed by atoms with E-state index in [4.69, 9.17) is 4.74 Å². The van der Waals surface area contributed by atoms with Crippen LogP contribution in [0.2, 0.25) is 0 Å². The lowest BCUT2D eigenvalue weighted by Gasteiger charge is -2.12. The van der Waals surface area contributed by atoms with Crippen molar-refractivity contribution < 1.29 is 4.74 Å². The van der Waals surface area contributed by atoms with Crippen LogP contribution in [0.25, 0.3) is 0 Å². The van der Waals surface area contributed by atoms with Gasteiger partial charge in [0.05, 0.1) is 6.61 Å². The predicted octanol–water partition coefficient (Wildman–Crippen LogP) is 3.31. The monoisotopic (exact) mass is 176 g/mol. The minimum Gasteiger partial charge on any atom is -0.493 e. The van der Waals surface area contributed by atoms with E-state index >= 15 is 0 Å². The Bertz CT molecular complexity index is 315. The van der Waals surface area contributed by atoms with Gasteiger partial charge in [0.2, 0.25) is 0 Å². The normalized spacial score (nSPS) is 20.2. The highest BCUT2D eigenvalue weighted by atomic mass is 16.5. The molecule has 0 amide bonds. The maximum atomic E-state index is 5.60. The van der Waals surface area contributed by atoms with Crippen LogP contribution in [0, 0.1) is 0 Å². The Hall–Kier alpha value is -0.980. The van der Waals surface area contributed by atoms with E-state index in [0.29, 0.717) is 11.8 Å². The summed E-state index contributed by atoms with van der Waals surface area (Å²) in [6.07, 6.45) is 0. The third kappa shape index (κ3) is 1.32. The third-order valence-electron chi connectivity index (χ3n) is 2.70. The molecule has 13 heavy (non-hydrogen) atoms. The topological polar surface area (TPSA) is 9.23 Å². The van der Waals surface area contributed by atoms with Gasteiger partial charge in [-0.05, 0) is 17.5 Å². The Morgan fingerprint density at radius 2 is 2.15 bits per heavy atom. The Kier molecular flexibility index (Phi) is 2.03. The number of hydrogen-bond donors (Lipinski definition) is 0. The van der Waals surface area contributed by atoms with Crippen molar-refractivity contribution in [2.75, 3.05) is 6.61 Å². The van der Waals surface area contributed by atoms with Gasteiger partial charge in [-0.1, -0.05) is 32.9 Å². The second kappa shape index (κ2) is 3.06. The summed E-state index contributed by atoms with van der Waals surface area (Å²) in [5.41, 5.74) is 2.88. The largest absolute Gasteiger partial charge is 0.493 e.